The van der Waals surface area contributed by atoms with E-state index in [-0.39, 0.29) is 11.3 Å². The van der Waals surface area contributed by atoms with Gasteiger partial charge in [0.05, 0.1) is 6.10 Å². The summed E-state index contributed by atoms with van der Waals surface area (Å²) in [7, 11) is 0. The summed E-state index contributed by atoms with van der Waals surface area (Å²) in [6.07, 6.45) is -1.02. The maximum absolute atomic E-state index is 13.4. The topological polar surface area (TPSA) is 20.2 Å². The van der Waals surface area contributed by atoms with E-state index in [4.69, 9.17) is 0 Å². The Hall–Kier alpha value is -1.39. The lowest BCUT2D eigenvalue weighted by Gasteiger charge is -2.11. The van der Waals surface area contributed by atoms with Crippen LogP contribution in [0.2, 0.25) is 0 Å². The molecule has 0 aliphatic carbocycles. The summed E-state index contributed by atoms with van der Waals surface area (Å²) in [5, 5.41) is 9.86. The Morgan fingerprint density at radius 2 is 1.78 bits per heavy atom. The lowest BCUT2D eigenvalue weighted by atomic mass is 10.1. The van der Waals surface area contributed by atoms with E-state index in [0.29, 0.717) is 0 Å². The number of thioether (sulfide) groups is 1. The predicted molar refractivity (Wildman–Crippen MR) is 68.5 cm³/mol. The molecule has 0 aliphatic rings. The smallest absolute Gasteiger partial charge is 0.129 e. The molecule has 2 aromatic rings. The second kappa shape index (κ2) is 5.98. The molecule has 1 N–H and O–H groups in total. The molecule has 0 heterocycles. The first kappa shape index (κ1) is 13.1. The molecule has 2 aromatic carbocycles. The fourth-order valence-electron chi connectivity index (χ4n) is 1.55. The first-order valence-corrected chi connectivity index (χ1v) is 6.46. The van der Waals surface area contributed by atoms with Gasteiger partial charge in [-0.2, -0.15) is 0 Å². The van der Waals surface area contributed by atoms with Crippen LogP contribution in [0, 0.1) is 11.6 Å². The summed E-state index contributed by atoms with van der Waals surface area (Å²) in [6.45, 7) is 0. The van der Waals surface area contributed by atoms with Gasteiger partial charge in [-0.3, -0.25) is 0 Å². The van der Waals surface area contributed by atoms with E-state index in [0.717, 1.165) is 23.1 Å². The van der Waals surface area contributed by atoms with Gasteiger partial charge in [0.2, 0.25) is 0 Å². The summed E-state index contributed by atoms with van der Waals surface area (Å²) >= 11 is 1.40. The fraction of sp³-hybridized carbons (Fsp3) is 0.143. The second-order valence-corrected chi connectivity index (χ2v) is 4.90. The van der Waals surface area contributed by atoms with E-state index in [1.54, 1.807) is 0 Å². The van der Waals surface area contributed by atoms with Crippen LogP contribution in [0.25, 0.3) is 0 Å². The molecule has 4 heteroatoms. The highest BCUT2D eigenvalue weighted by molar-refractivity contribution is 7.99. The van der Waals surface area contributed by atoms with Crippen molar-refractivity contribution in [3.63, 3.8) is 0 Å². The summed E-state index contributed by atoms with van der Waals surface area (Å²) in [6, 6.07) is 12.6. The van der Waals surface area contributed by atoms with Crippen molar-refractivity contribution in [2.24, 2.45) is 0 Å². The van der Waals surface area contributed by atoms with Gasteiger partial charge >= 0.3 is 0 Å². The molecule has 94 valence electrons. The van der Waals surface area contributed by atoms with Gasteiger partial charge in [0.25, 0.3) is 0 Å². The molecule has 0 bridgehead atoms. The van der Waals surface area contributed by atoms with Crippen LogP contribution in [0.15, 0.2) is 53.4 Å². The lowest BCUT2D eigenvalue weighted by molar-refractivity contribution is 0.198. The molecule has 0 radical (unpaired) electrons. The Kier molecular flexibility index (Phi) is 4.33. The molecule has 0 saturated carbocycles. The third-order valence-corrected chi connectivity index (χ3v) is 3.56. The molecule has 0 aromatic heterocycles. The number of rotatable bonds is 4. The van der Waals surface area contributed by atoms with E-state index < -0.39 is 17.7 Å². The van der Waals surface area contributed by atoms with Gasteiger partial charge in [0.15, 0.2) is 0 Å². The first-order valence-electron chi connectivity index (χ1n) is 5.47. The minimum Gasteiger partial charge on any atom is -0.387 e. The highest BCUT2D eigenvalue weighted by atomic mass is 32.2. The molecule has 0 aliphatic heterocycles. The van der Waals surface area contributed by atoms with Crippen LogP contribution in [0.3, 0.4) is 0 Å². The minimum absolute atomic E-state index is 0.00145. The lowest BCUT2D eigenvalue weighted by Crippen LogP contribution is -2.04. The van der Waals surface area contributed by atoms with E-state index in [1.807, 2.05) is 30.3 Å². The molecule has 0 amide bonds. The number of hydrogen-bond acceptors (Lipinski definition) is 2. The first-order chi connectivity index (χ1) is 8.66. The van der Waals surface area contributed by atoms with Gasteiger partial charge in [-0.15, -0.1) is 11.8 Å². The second-order valence-electron chi connectivity index (χ2n) is 3.81. The van der Waals surface area contributed by atoms with Crippen molar-refractivity contribution in [1.29, 1.82) is 0 Å². The van der Waals surface area contributed by atoms with Gasteiger partial charge in [0, 0.05) is 16.2 Å². The summed E-state index contributed by atoms with van der Waals surface area (Å²) < 4.78 is 26.4. The number of hydrogen-bond donors (Lipinski definition) is 1. The van der Waals surface area contributed by atoms with Crippen LogP contribution in [-0.4, -0.2) is 10.9 Å². The normalized spacial score (nSPS) is 12.4. The largest absolute Gasteiger partial charge is 0.387 e. The molecule has 1 nitrogen and oxygen atoms in total. The molecule has 2 rings (SSSR count). The average molecular weight is 266 g/mol. The Morgan fingerprint density at radius 3 is 2.50 bits per heavy atom. The summed E-state index contributed by atoms with van der Waals surface area (Å²) in [5.41, 5.74) is -0.00145. The SMILES string of the molecule is OC(CSc1ccccc1)c1cc(F)ccc1F. The molecular weight excluding hydrogens is 254 g/mol. The van der Waals surface area contributed by atoms with Crippen LogP contribution in [-0.2, 0) is 0 Å². The van der Waals surface area contributed by atoms with Crippen LogP contribution in [0.1, 0.15) is 11.7 Å². The molecule has 1 unspecified atom stereocenters. The molecular formula is C14H12F2OS. The van der Waals surface area contributed by atoms with Crippen LogP contribution in [0.5, 0.6) is 0 Å². The highest BCUT2D eigenvalue weighted by Crippen LogP contribution is 2.26. The van der Waals surface area contributed by atoms with E-state index in [1.165, 1.54) is 11.8 Å². The van der Waals surface area contributed by atoms with E-state index >= 15 is 0 Å². The molecule has 1 atom stereocenters. The quantitative estimate of drug-likeness (QED) is 0.850. The maximum atomic E-state index is 13.4. The number of aliphatic hydroxyl groups excluding tert-OH is 1. The van der Waals surface area contributed by atoms with Crippen LogP contribution >= 0.6 is 11.8 Å². The van der Waals surface area contributed by atoms with Crippen molar-refractivity contribution >= 4 is 11.8 Å². The monoisotopic (exact) mass is 266 g/mol. The van der Waals surface area contributed by atoms with Gasteiger partial charge in [0.1, 0.15) is 11.6 Å². The van der Waals surface area contributed by atoms with Gasteiger partial charge in [-0.1, -0.05) is 18.2 Å². The van der Waals surface area contributed by atoms with Crippen LogP contribution in [0.4, 0.5) is 8.78 Å². The summed E-state index contributed by atoms with van der Waals surface area (Å²) in [5.74, 6) is -0.850. The average Bonchev–Trinajstić information content (AvgIpc) is 2.40. The standard InChI is InChI=1S/C14H12F2OS/c15-10-6-7-13(16)12(8-10)14(17)9-18-11-4-2-1-3-5-11/h1-8,14,17H,9H2. The zero-order valence-corrected chi connectivity index (χ0v) is 10.3. The zero-order valence-electron chi connectivity index (χ0n) is 9.51. The Labute approximate surface area is 108 Å². The number of aliphatic hydroxyl groups is 1. The van der Waals surface area contributed by atoms with E-state index in [2.05, 4.69) is 0 Å². The molecule has 0 fully saturated rings. The Balaban J connectivity index is 2.03. The van der Waals surface area contributed by atoms with Crippen molar-refractivity contribution in [1.82, 2.24) is 0 Å². The third kappa shape index (κ3) is 3.31. The van der Waals surface area contributed by atoms with Crippen molar-refractivity contribution in [2.75, 3.05) is 5.75 Å². The van der Waals surface area contributed by atoms with Gasteiger partial charge in [-0.25, -0.2) is 8.78 Å². The molecule has 0 saturated heterocycles. The Bertz CT molecular complexity index is 516. The van der Waals surface area contributed by atoms with Crippen molar-refractivity contribution in [2.45, 2.75) is 11.0 Å². The number of benzene rings is 2. The third-order valence-electron chi connectivity index (χ3n) is 2.47. The highest BCUT2D eigenvalue weighted by Gasteiger charge is 2.14. The van der Waals surface area contributed by atoms with Crippen molar-refractivity contribution in [3.8, 4) is 0 Å². The molecule has 18 heavy (non-hydrogen) atoms. The predicted octanol–water partition coefficient (Wildman–Crippen LogP) is 3.79. The number of halogens is 2. The van der Waals surface area contributed by atoms with Gasteiger partial charge in [-0.05, 0) is 30.3 Å². The summed E-state index contributed by atoms with van der Waals surface area (Å²) in [4.78, 5) is 0.980. The van der Waals surface area contributed by atoms with Crippen molar-refractivity contribution in [3.05, 3.63) is 65.7 Å². The zero-order chi connectivity index (χ0) is 13.0. The maximum Gasteiger partial charge on any atom is 0.129 e. The van der Waals surface area contributed by atoms with Crippen LogP contribution < -0.4 is 0 Å². The Morgan fingerprint density at radius 1 is 1.06 bits per heavy atom. The fourth-order valence-corrected chi connectivity index (χ4v) is 2.43. The van der Waals surface area contributed by atoms with Crippen molar-refractivity contribution < 1.29 is 13.9 Å². The molecule has 0 spiro atoms. The van der Waals surface area contributed by atoms with E-state index in [9.17, 15) is 13.9 Å². The minimum atomic E-state index is -1.02. The van der Waals surface area contributed by atoms with Gasteiger partial charge < -0.3 is 5.11 Å².